The second-order valence-corrected chi connectivity index (χ2v) is 6.81. The van der Waals surface area contributed by atoms with Crippen molar-refractivity contribution in [1.82, 2.24) is 20.1 Å². The standard InChI is InChI=1S/C22H19FN4O2/c1-13(14-4-3-5-17(10-14)21(28)24-2)27-9-8-16-11-15(6-7-18(16)22(27)29)19-12-25-26-20(19)23/h3-13H,1-2H3,(H,24,28)(H,25,26). The van der Waals surface area contributed by atoms with Crippen LogP contribution in [0.5, 0.6) is 0 Å². The summed E-state index contributed by atoms with van der Waals surface area (Å²) in [6, 6.07) is 13.9. The van der Waals surface area contributed by atoms with Gasteiger partial charge in [-0.15, -0.1) is 0 Å². The van der Waals surface area contributed by atoms with Crippen LogP contribution in [-0.2, 0) is 0 Å². The van der Waals surface area contributed by atoms with E-state index in [0.717, 1.165) is 10.9 Å². The fraction of sp³-hybridized carbons (Fsp3) is 0.136. The summed E-state index contributed by atoms with van der Waals surface area (Å²) in [7, 11) is 1.58. The van der Waals surface area contributed by atoms with Gasteiger partial charge in [-0.1, -0.05) is 18.2 Å². The first-order valence-corrected chi connectivity index (χ1v) is 9.16. The zero-order valence-electron chi connectivity index (χ0n) is 15.9. The van der Waals surface area contributed by atoms with E-state index < -0.39 is 5.95 Å². The lowest BCUT2D eigenvalue weighted by Crippen LogP contribution is -2.24. The number of carbonyl (C=O) groups excluding carboxylic acids is 1. The lowest BCUT2D eigenvalue weighted by Gasteiger charge is -2.17. The van der Waals surface area contributed by atoms with E-state index in [2.05, 4.69) is 15.5 Å². The summed E-state index contributed by atoms with van der Waals surface area (Å²) < 4.78 is 15.4. The number of hydrogen-bond donors (Lipinski definition) is 2. The van der Waals surface area contributed by atoms with Crippen molar-refractivity contribution in [3.8, 4) is 11.1 Å². The van der Waals surface area contributed by atoms with Crippen LogP contribution in [0.15, 0.2) is 65.7 Å². The number of nitrogens with one attached hydrogen (secondary N) is 2. The maximum absolute atomic E-state index is 13.8. The highest BCUT2D eigenvalue weighted by molar-refractivity contribution is 5.94. The Labute approximate surface area is 166 Å². The van der Waals surface area contributed by atoms with Gasteiger partial charge >= 0.3 is 0 Å². The molecule has 0 aliphatic carbocycles. The molecule has 146 valence electrons. The maximum atomic E-state index is 13.8. The molecule has 2 aromatic carbocycles. The quantitative estimate of drug-likeness (QED) is 0.560. The van der Waals surface area contributed by atoms with Crippen molar-refractivity contribution in [1.29, 1.82) is 0 Å². The number of aromatic nitrogens is 3. The predicted molar refractivity (Wildman–Crippen MR) is 109 cm³/mol. The fourth-order valence-electron chi connectivity index (χ4n) is 3.45. The normalized spacial score (nSPS) is 12.1. The van der Waals surface area contributed by atoms with Crippen LogP contribution in [0.25, 0.3) is 21.9 Å². The third kappa shape index (κ3) is 3.31. The molecule has 4 aromatic rings. The van der Waals surface area contributed by atoms with E-state index in [9.17, 15) is 14.0 Å². The van der Waals surface area contributed by atoms with Crippen molar-refractivity contribution in [2.24, 2.45) is 0 Å². The van der Waals surface area contributed by atoms with Crippen LogP contribution < -0.4 is 10.9 Å². The van der Waals surface area contributed by atoms with Gasteiger partial charge in [0.15, 0.2) is 0 Å². The molecule has 4 rings (SSSR count). The lowest BCUT2D eigenvalue weighted by atomic mass is 10.0. The number of benzene rings is 2. The van der Waals surface area contributed by atoms with Crippen LogP contribution in [0.3, 0.4) is 0 Å². The molecule has 0 saturated carbocycles. The maximum Gasteiger partial charge on any atom is 0.258 e. The SMILES string of the molecule is CNC(=O)c1cccc(C(C)n2ccc3cc(-c4cn[nH]c4F)ccc3c2=O)c1. The third-order valence-electron chi connectivity index (χ3n) is 5.11. The Balaban J connectivity index is 1.75. The highest BCUT2D eigenvalue weighted by Gasteiger charge is 2.14. The van der Waals surface area contributed by atoms with Crippen LogP contribution in [0.4, 0.5) is 4.39 Å². The average molecular weight is 390 g/mol. The summed E-state index contributed by atoms with van der Waals surface area (Å²) in [5, 5.41) is 9.83. The first-order valence-electron chi connectivity index (χ1n) is 9.16. The number of H-pyrrole nitrogens is 1. The van der Waals surface area contributed by atoms with Crippen molar-refractivity contribution in [3.05, 3.63) is 88.4 Å². The van der Waals surface area contributed by atoms with Crippen molar-refractivity contribution < 1.29 is 9.18 Å². The Morgan fingerprint density at radius 1 is 1.21 bits per heavy atom. The van der Waals surface area contributed by atoms with Crippen LogP contribution >= 0.6 is 0 Å². The molecule has 29 heavy (non-hydrogen) atoms. The molecular formula is C22H19FN4O2. The molecular weight excluding hydrogens is 371 g/mol. The fourth-order valence-corrected chi connectivity index (χ4v) is 3.45. The molecule has 0 radical (unpaired) electrons. The molecule has 2 aromatic heterocycles. The summed E-state index contributed by atoms with van der Waals surface area (Å²) in [5.41, 5.74) is 2.24. The van der Waals surface area contributed by atoms with Crippen LogP contribution in [-0.4, -0.2) is 27.7 Å². The van der Waals surface area contributed by atoms with Gasteiger partial charge in [-0.25, -0.2) is 0 Å². The second-order valence-electron chi connectivity index (χ2n) is 6.81. The summed E-state index contributed by atoms with van der Waals surface area (Å²) in [6.45, 7) is 1.91. The van der Waals surface area contributed by atoms with Crippen LogP contribution in [0.2, 0.25) is 0 Å². The number of carbonyl (C=O) groups is 1. The van der Waals surface area contributed by atoms with E-state index in [4.69, 9.17) is 0 Å². The molecule has 2 heterocycles. The summed E-state index contributed by atoms with van der Waals surface area (Å²) >= 11 is 0. The van der Waals surface area contributed by atoms with Gasteiger partial charge in [0.2, 0.25) is 5.95 Å². The number of halogens is 1. The second kappa shape index (κ2) is 7.35. The molecule has 0 aliphatic heterocycles. The molecule has 0 fully saturated rings. The smallest absolute Gasteiger partial charge is 0.258 e. The molecule has 0 bridgehead atoms. The third-order valence-corrected chi connectivity index (χ3v) is 5.11. The largest absolute Gasteiger partial charge is 0.355 e. The van der Waals surface area contributed by atoms with Gasteiger partial charge in [0, 0.05) is 24.2 Å². The van der Waals surface area contributed by atoms with Crippen molar-refractivity contribution in [3.63, 3.8) is 0 Å². The zero-order chi connectivity index (χ0) is 20.5. The van der Waals surface area contributed by atoms with E-state index in [1.54, 1.807) is 54.2 Å². The number of hydrogen-bond acceptors (Lipinski definition) is 3. The minimum Gasteiger partial charge on any atom is -0.355 e. The number of rotatable bonds is 4. The average Bonchev–Trinajstić information content (AvgIpc) is 3.18. The van der Waals surface area contributed by atoms with E-state index in [1.807, 2.05) is 19.1 Å². The Morgan fingerprint density at radius 3 is 2.76 bits per heavy atom. The number of amides is 1. The van der Waals surface area contributed by atoms with Crippen LogP contribution in [0, 0.1) is 5.95 Å². The van der Waals surface area contributed by atoms with Crippen molar-refractivity contribution in [2.45, 2.75) is 13.0 Å². The first-order chi connectivity index (χ1) is 14.0. The van der Waals surface area contributed by atoms with E-state index in [1.165, 1.54) is 6.20 Å². The highest BCUT2D eigenvalue weighted by Crippen LogP contribution is 2.25. The van der Waals surface area contributed by atoms with E-state index >= 15 is 0 Å². The molecule has 1 unspecified atom stereocenters. The Kier molecular flexibility index (Phi) is 4.72. The number of nitrogens with zero attached hydrogens (tertiary/aromatic N) is 2. The summed E-state index contributed by atoms with van der Waals surface area (Å²) in [6.07, 6.45) is 3.14. The Bertz CT molecular complexity index is 1280. The van der Waals surface area contributed by atoms with Gasteiger partial charge < -0.3 is 9.88 Å². The molecule has 0 aliphatic rings. The molecule has 2 N–H and O–H groups in total. The number of fused-ring (bicyclic) bond motifs is 1. The van der Waals surface area contributed by atoms with Crippen LogP contribution in [0.1, 0.15) is 28.9 Å². The van der Waals surface area contributed by atoms with Gasteiger partial charge in [-0.3, -0.25) is 14.7 Å². The number of aromatic amines is 1. The molecule has 1 amide bonds. The molecule has 1 atom stereocenters. The minimum atomic E-state index is -0.512. The molecule has 0 saturated heterocycles. The minimum absolute atomic E-state index is 0.153. The summed E-state index contributed by atoms with van der Waals surface area (Å²) in [4.78, 5) is 25.0. The molecule has 7 heteroatoms. The van der Waals surface area contributed by atoms with E-state index in [0.29, 0.717) is 22.1 Å². The van der Waals surface area contributed by atoms with E-state index in [-0.39, 0.29) is 17.5 Å². The topological polar surface area (TPSA) is 79.8 Å². The summed E-state index contributed by atoms with van der Waals surface area (Å²) in [5.74, 6) is -0.689. The van der Waals surface area contributed by atoms with Gasteiger partial charge in [-0.2, -0.15) is 9.49 Å². The monoisotopic (exact) mass is 390 g/mol. The Morgan fingerprint density at radius 2 is 2.03 bits per heavy atom. The van der Waals surface area contributed by atoms with Gasteiger partial charge in [0.25, 0.3) is 11.5 Å². The zero-order valence-corrected chi connectivity index (χ0v) is 15.9. The lowest BCUT2D eigenvalue weighted by molar-refractivity contribution is 0.0963. The van der Waals surface area contributed by atoms with Crippen molar-refractivity contribution >= 4 is 16.7 Å². The van der Waals surface area contributed by atoms with Gasteiger partial charge in [-0.05, 0) is 53.8 Å². The molecule has 6 nitrogen and oxygen atoms in total. The number of pyridine rings is 1. The van der Waals surface area contributed by atoms with Gasteiger partial charge in [0.05, 0.1) is 17.8 Å². The first kappa shape index (κ1) is 18.6. The highest BCUT2D eigenvalue weighted by atomic mass is 19.1. The Hall–Kier alpha value is -3.74. The predicted octanol–water partition coefficient (Wildman–Crippen LogP) is 3.50. The van der Waals surface area contributed by atoms with Gasteiger partial charge in [0.1, 0.15) is 0 Å². The van der Waals surface area contributed by atoms with Crippen molar-refractivity contribution in [2.75, 3.05) is 7.05 Å². The molecule has 0 spiro atoms.